The first-order valence-electron chi connectivity index (χ1n) is 6.53. The maximum atomic E-state index is 12.9. The van der Waals surface area contributed by atoms with Crippen molar-refractivity contribution in [3.8, 4) is 0 Å². The van der Waals surface area contributed by atoms with E-state index in [1.165, 1.54) is 18.3 Å². The molecule has 0 bridgehead atoms. The van der Waals surface area contributed by atoms with Gasteiger partial charge < -0.3 is 14.8 Å². The predicted octanol–water partition coefficient (Wildman–Crippen LogP) is 1.24. The van der Waals surface area contributed by atoms with Gasteiger partial charge in [0.2, 0.25) is 0 Å². The number of hydrogen-bond acceptors (Lipinski definition) is 4. The number of nitrogens with zero attached hydrogens (tertiary/aromatic N) is 3. The molecule has 1 aromatic heterocycles. The summed E-state index contributed by atoms with van der Waals surface area (Å²) >= 11 is 0. The van der Waals surface area contributed by atoms with Gasteiger partial charge in [0.05, 0.1) is 0 Å². The van der Waals surface area contributed by atoms with Crippen LogP contribution in [0.2, 0.25) is 0 Å². The lowest BCUT2D eigenvalue weighted by Gasteiger charge is -2.36. The Balaban J connectivity index is 1.69. The molecule has 0 amide bonds. The molecule has 104 valence electrons. The van der Waals surface area contributed by atoms with Crippen molar-refractivity contribution in [1.82, 2.24) is 9.97 Å². The van der Waals surface area contributed by atoms with Crippen LogP contribution in [0.4, 0.5) is 15.9 Å². The standard InChI is InChI=1S/C14H15FN4O/c15-11-1-3-12(4-2-11)18-7-9-19(10-8-18)13-14(20)17-6-5-16-13/h1-6H,7-10H2,(H,17,20). The molecule has 0 spiro atoms. The van der Waals surface area contributed by atoms with Crippen molar-refractivity contribution in [3.63, 3.8) is 0 Å². The topological polar surface area (TPSA) is 52.2 Å². The van der Waals surface area contributed by atoms with Crippen LogP contribution in [-0.4, -0.2) is 36.1 Å². The van der Waals surface area contributed by atoms with Crippen molar-refractivity contribution >= 4 is 11.5 Å². The van der Waals surface area contributed by atoms with E-state index in [9.17, 15) is 9.18 Å². The molecular weight excluding hydrogens is 259 g/mol. The fourth-order valence-corrected chi connectivity index (χ4v) is 2.40. The fourth-order valence-electron chi connectivity index (χ4n) is 2.40. The Bertz CT molecular complexity index is 632. The van der Waals surface area contributed by atoms with Gasteiger partial charge in [-0.1, -0.05) is 0 Å². The second kappa shape index (κ2) is 5.32. The third-order valence-electron chi connectivity index (χ3n) is 3.46. The van der Waals surface area contributed by atoms with Gasteiger partial charge in [-0.3, -0.25) is 4.79 Å². The summed E-state index contributed by atoms with van der Waals surface area (Å²) in [6, 6.07) is 6.48. The summed E-state index contributed by atoms with van der Waals surface area (Å²) in [4.78, 5) is 22.6. The Morgan fingerprint density at radius 2 is 1.70 bits per heavy atom. The average Bonchev–Trinajstić information content (AvgIpc) is 2.49. The van der Waals surface area contributed by atoms with E-state index in [4.69, 9.17) is 0 Å². The molecule has 0 saturated carbocycles. The van der Waals surface area contributed by atoms with E-state index in [0.717, 1.165) is 31.9 Å². The molecule has 2 heterocycles. The zero-order chi connectivity index (χ0) is 13.9. The number of nitrogens with one attached hydrogen (secondary N) is 1. The molecule has 2 aromatic rings. The monoisotopic (exact) mass is 274 g/mol. The highest BCUT2D eigenvalue weighted by atomic mass is 19.1. The van der Waals surface area contributed by atoms with Crippen molar-refractivity contribution in [1.29, 1.82) is 0 Å². The number of benzene rings is 1. The number of H-pyrrole nitrogens is 1. The summed E-state index contributed by atoms with van der Waals surface area (Å²) in [6.45, 7) is 3.00. The first-order chi connectivity index (χ1) is 9.74. The van der Waals surface area contributed by atoms with Gasteiger partial charge in [-0.15, -0.1) is 0 Å². The van der Waals surface area contributed by atoms with Crippen LogP contribution in [0.3, 0.4) is 0 Å². The van der Waals surface area contributed by atoms with Crippen molar-refractivity contribution in [2.75, 3.05) is 36.0 Å². The van der Waals surface area contributed by atoms with E-state index < -0.39 is 0 Å². The Kier molecular flexibility index (Phi) is 3.37. The van der Waals surface area contributed by atoms with Crippen LogP contribution in [0, 0.1) is 5.82 Å². The lowest BCUT2D eigenvalue weighted by Crippen LogP contribution is -2.48. The lowest BCUT2D eigenvalue weighted by atomic mass is 10.2. The number of hydrogen-bond donors (Lipinski definition) is 1. The highest BCUT2D eigenvalue weighted by Gasteiger charge is 2.20. The highest BCUT2D eigenvalue weighted by Crippen LogP contribution is 2.18. The minimum absolute atomic E-state index is 0.164. The maximum absolute atomic E-state index is 12.9. The zero-order valence-corrected chi connectivity index (χ0v) is 10.9. The van der Waals surface area contributed by atoms with Crippen molar-refractivity contribution in [2.45, 2.75) is 0 Å². The van der Waals surface area contributed by atoms with Gasteiger partial charge in [-0.25, -0.2) is 9.37 Å². The molecule has 0 atom stereocenters. The molecule has 6 heteroatoms. The smallest absolute Gasteiger partial charge is 0.290 e. The van der Waals surface area contributed by atoms with Gasteiger partial charge >= 0.3 is 0 Å². The molecule has 1 saturated heterocycles. The highest BCUT2D eigenvalue weighted by molar-refractivity contribution is 5.48. The number of halogens is 1. The number of anilines is 2. The van der Waals surface area contributed by atoms with Crippen LogP contribution < -0.4 is 15.4 Å². The van der Waals surface area contributed by atoms with Gasteiger partial charge in [0.25, 0.3) is 5.56 Å². The second-order valence-corrected chi connectivity index (χ2v) is 4.69. The Morgan fingerprint density at radius 1 is 1.05 bits per heavy atom. The molecule has 1 N–H and O–H groups in total. The fraction of sp³-hybridized carbons (Fsp3) is 0.286. The summed E-state index contributed by atoms with van der Waals surface area (Å²) in [5.74, 6) is 0.235. The van der Waals surface area contributed by atoms with E-state index >= 15 is 0 Å². The minimum atomic E-state index is -0.229. The molecule has 1 fully saturated rings. The van der Waals surface area contributed by atoms with E-state index in [2.05, 4.69) is 14.9 Å². The SMILES string of the molecule is O=c1[nH]ccnc1N1CCN(c2ccc(F)cc2)CC1. The third-order valence-corrected chi connectivity index (χ3v) is 3.46. The normalized spacial score (nSPS) is 15.4. The summed E-state index contributed by atoms with van der Waals surface area (Å²) in [5, 5.41) is 0. The maximum Gasteiger partial charge on any atom is 0.290 e. The Hall–Kier alpha value is -2.37. The van der Waals surface area contributed by atoms with E-state index in [0.29, 0.717) is 5.82 Å². The first kappa shape index (κ1) is 12.7. The predicted molar refractivity (Wildman–Crippen MR) is 75.7 cm³/mol. The van der Waals surface area contributed by atoms with Gasteiger partial charge in [0, 0.05) is 44.3 Å². The molecule has 0 unspecified atom stereocenters. The molecule has 3 rings (SSSR count). The van der Waals surface area contributed by atoms with Crippen LogP contribution in [-0.2, 0) is 0 Å². The molecule has 5 nitrogen and oxygen atoms in total. The number of rotatable bonds is 2. The molecule has 0 aliphatic carbocycles. The molecule has 1 aliphatic heterocycles. The van der Waals surface area contributed by atoms with Crippen LogP contribution in [0.25, 0.3) is 0 Å². The molecule has 20 heavy (non-hydrogen) atoms. The van der Waals surface area contributed by atoms with E-state index in [-0.39, 0.29) is 11.4 Å². The summed E-state index contributed by atoms with van der Waals surface area (Å²) in [7, 11) is 0. The Morgan fingerprint density at radius 3 is 2.35 bits per heavy atom. The third kappa shape index (κ3) is 2.49. The first-order valence-corrected chi connectivity index (χ1v) is 6.53. The van der Waals surface area contributed by atoms with Crippen LogP contribution in [0.5, 0.6) is 0 Å². The molecule has 0 radical (unpaired) electrons. The molecular formula is C14H15FN4O. The van der Waals surface area contributed by atoms with Crippen LogP contribution >= 0.6 is 0 Å². The van der Waals surface area contributed by atoms with Crippen LogP contribution in [0.1, 0.15) is 0 Å². The molecule has 1 aromatic carbocycles. The second-order valence-electron chi connectivity index (χ2n) is 4.69. The van der Waals surface area contributed by atoms with Crippen LogP contribution in [0.15, 0.2) is 41.5 Å². The Labute approximate surface area is 115 Å². The van der Waals surface area contributed by atoms with Crippen molar-refractivity contribution in [3.05, 3.63) is 52.8 Å². The van der Waals surface area contributed by atoms with Crippen molar-refractivity contribution < 1.29 is 4.39 Å². The molecule has 1 aliphatic rings. The number of piperazine rings is 1. The summed E-state index contributed by atoms with van der Waals surface area (Å²) in [5.41, 5.74) is 0.837. The summed E-state index contributed by atoms with van der Waals surface area (Å²) < 4.78 is 12.9. The zero-order valence-electron chi connectivity index (χ0n) is 10.9. The average molecular weight is 274 g/mol. The van der Waals surface area contributed by atoms with Crippen molar-refractivity contribution in [2.24, 2.45) is 0 Å². The summed E-state index contributed by atoms with van der Waals surface area (Å²) in [6.07, 6.45) is 3.11. The van der Waals surface area contributed by atoms with Gasteiger partial charge in [0.1, 0.15) is 5.82 Å². The van der Waals surface area contributed by atoms with Gasteiger partial charge in [0.15, 0.2) is 5.82 Å². The lowest BCUT2D eigenvalue weighted by molar-refractivity contribution is 0.623. The quantitative estimate of drug-likeness (QED) is 0.895. The minimum Gasteiger partial charge on any atom is -0.368 e. The van der Waals surface area contributed by atoms with Gasteiger partial charge in [-0.2, -0.15) is 0 Å². The van der Waals surface area contributed by atoms with Gasteiger partial charge in [-0.05, 0) is 24.3 Å². The number of aromatic amines is 1. The van der Waals surface area contributed by atoms with E-state index in [1.54, 1.807) is 18.3 Å². The largest absolute Gasteiger partial charge is 0.368 e. The van der Waals surface area contributed by atoms with E-state index in [1.807, 2.05) is 4.90 Å². The number of aromatic nitrogens is 2.